The summed E-state index contributed by atoms with van der Waals surface area (Å²) in [4.78, 5) is 10.6. The number of anilines is 2. The lowest BCUT2D eigenvalue weighted by Gasteiger charge is -2.11. The molecule has 0 amide bonds. The average molecular weight is 223 g/mol. The van der Waals surface area contributed by atoms with Crippen LogP contribution in [0.1, 0.15) is 13.3 Å². The van der Waals surface area contributed by atoms with Crippen molar-refractivity contribution in [1.29, 1.82) is 0 Å². The van der Waals surface area contributed by atoms with Gasteiger partial charge in [0.1, 0.15) is 5.82 Å². The molecular weight excluding hydrogens is 202 g/mol. The van der Waals surface area contributed by atoms with Crippen LogP contribution in [0.5, 0.6) is 0 Å². The Bertz CT molecular complexity index is 300. The van der Waals surface area contributed by atoms with E-state index in [1.165, 1.54) is 0 Å². The predicted octanol–water partition coefficient (Wildman–Crippen LogP) is 1.27. The molecule has 0 atom stereocenters. The standard InChI is InChI=1S/C11H21N5/c1-4-6-13-11-14-7-5-10(15-11)12-8-9-16(2)3/h5,7H,4,6,8-9H2,1-3H3,(H2,12,13,14,15). The zero-order chi connectivity index (χ0) is 11.8. The van der Waals surface area contributed by atoms with Gasteiger partial charge in [-0.3, -0.25) is 0 Å². The van der Waals surface area contributed by atoms with Crippen molar-refractivity contribution in [3.05, 3.63) is 12.3 Å². The first-order valence-corrected chi connectivity index (χ1v) is 5.68. The molecule has 0 aromatic carbocycles. The number of hydrogen-bond acceptors (Lipinski definition) is 5. The Morgan fingerprint density at radius 3 is 2.75 bits per heavy atom. The Morgan fingerprint density at radius 2 is 2.06 bits per heavy atom. The van der Waals surface area contributed by atoms with Crippen LogP contribution in [-0.2, 0) is 0 Å². The van der Waals surface area contributed by atoms with Gasteiger partial charge in [0.2, 0.25) is 5.95 Å². The van der Waals surface area contributed by atoms with E-state index in [0.717, 1.165) is 31.9 Å². The van der Waals surface area contributed by atoms with Crippen molar-refractivity contribution in [3.63, 3.8) is 0 Å². The number of hydrogen-bond donors (Lipinski definition) is 2. The van der Waals surface area contributed by atoms with Crippen molar-refractivity contribution < 1.29 is 0 Å². The minimum absolute atomic E-state index is 0.691. The first-order valence-electron chi connectivity index (χ1n) is 5.68. The van der Waals surface area contributed by atoms with Gasteiger partial charge in [0, 0.05) is 25.8 Å². The molecule has 0 radical (unpaired) electrons. The van der Waals surface area contributed by atoms with Crippen molar-refractivity contribution in [2.45, 2.75) is 13.3 Å². The monoisotopic (exact) mass is 223 g/mol. The van der Waals surface area contributed by atoms with Crippen LogP contribution in [0.25, 0.3) is 0 Å². The first kappa shape index (κ1) is 12.7. The quantitative estimate of drug-likeness (QED) is 0.729. The van der Waals surface area contributed by atoms with Crippen LogP contribution in [0.2, 0.25) is 0 Å². The fourth-order valence-electron chi connectivity index (χ4n) is 1.19. The van der Waals surface area contributed by atoms with E-state index in [2.05, 4.69) is 46.5 Å². The van der Waals surface area contributed by atoms with Crippen LogP contribution in [0.15, 0.2) is 12.3 Å². The van der Waals surface area contributed by atoms with E-state index in [4.69, 9.17) is 0 Å². The zero-order valence-electron chi connectivity index (χ0n) is 10.3. The van der Waals surface area contributed by atoms with E-state index in [-0.39, 0.29) is 0 Å². The molecule has 1 rings (SSSR count). The van der Waals surface area contributed by atoms with Gasteiger partial charge in [-0.2, -0.15) is 4.98 Å². The summed E-state index contributed by atoms with van der Waals surface area (Å²) in [6, 6.07) is 1.88. The first-order chi connectivity index (χ1) is 7.72. The third kappa shape index (κ3) is 4.93. The normalized spacial score (nSPS) is 10.5. The van der Waals surface area contributed by atoms with E-state index in [0.29, 0.717) is 5.95 Å². The summed E-state index contributed by atoms with van der Waals surface area (Å²) >= 11 is 0. The molecule has 0 bridgehead atoms. The third-order valence-corrected chi connectivity index (χ3v) is 2.05. The third-order valence-electron chi connectivity index (χ3n) is 2.05. The van der Waals surface area contributed by atoms with Crippen molar-refractivity contribution >= 4 is 11.8 Å². The lowest BCUT2D eigenvalue weighted by Crippen LogP contribution is -2.21. The van der Waals surface area contributed by atoms with Crippen LogP contribution < -0.4 is 10.6 Å². The number of aromatic nitrogens is 2. The highest BCUT2D eigenvalue weighted by molar-refractivity contribution is 5.39. The Labute approximate surface area is 97.3 Å². The number of nitrogens with one attached hydrogen (secondary N) is 2. The van der Waals surface area contributed by atoms with Crippen LogP contribution >= 0.6 is 0 Å². The molecule has 1 aromatic rings. The molecule has 5 nitrogen and oxygen atoms in total. The second-order valence-electron chi connectivity index (χ2n) is 3.92. The van der Waals surface area contributed by atoms with Crippen LogP contribution in [0.3, 0.4) is 0 Å². The molecule has 0 spiro atoms. The molecule has 0 fully saturated rings. The summed E-state index contributed by atoms with van der Waals surface area (Å²) in [6.45, 7) is 4.90. The molecule has 5 heteroatoms. The molecule has 0 aliphatic heterocycles. The second-order valence-corrected chi connectivity index (χ2v) is 3.92. The maximum absolute atomic E-state index is 4.36. The number of nitrogens with zero attached hydrogens (tertiary/aromatic N) is 3. The minimum atomic E-state index is 0.691. The largest absolute Gasteiger partial charge is 0.369 e. The van der Waals surface area contributed by atoms with Gasteiger partial charge in [-0.1, -0.05) is 6.92 Å². The maximum atomic E-state index is 4.36. The van der Waals surface area contributed by atoms with Gasteiger partial charge in [-0.15, -0.1) is 0 Å². The highest BCUT2D eigenvalue weighted by Crippen LogP contribution is 2.04. The lowest BCUT2D eigenvalue weighted by molar-refractivity contribution is 0.425. The molecule has 0 unspecified atom stereocenters. The Kier molecular flexibility index (Phi) is 5.56. The molecule has 2 N–H and O–H groups in total. The van der Waals surface area contributed by atoms with Gasteiger partial charge in [-0.05, 0) is 26.6 Å². The molecule has 1 aromatic heterocycles. The summed E-state index contributed by atoms with van der Waals surface area (Å²) in [5.74, 6) is 1.56. The molecule has 0 saturated heterocycles. The second kappa shape index (κ2) is 7.00. The van der Waals surface area contributed by atoms with Gasteiger partial charge in [0.15, 0.2) is 0 Å². The van der Waals surface area contributed by atoms with Crippen molar-refractivity contribution in [2.75, 3.05) is 44.4 Å². The number of rotatable bonds is 7. The molecule has 0 aliphatic rings. The molecular formula is C11H21N5. The Morgan fingerprint density at radius 1 is 1.25 bits per heavy atom. The zero-order valence-corrected chi connectivity index (χ0v) is 10.3. The van der Waals surface area contributed by atoms with Crippen LogP contribution in [0.4, 0.5) is 11.8 Å². The SMILES string of the molecule is CCCNc1nccc(NCCN(C)C)n1. The molecule has 0 saturated carbocycles. The summed E-state index contributed by atoms with van der Waals surface area (Å²) in [5.41, 5.74) is 0. The van der Waals surface area contributed by atoms with Crippen molar-refractivity contribution in [2.24, 2.45) is 0 Å². The minimum Gasteiger partial charge on any atom is -0.369 e. The highest BCUT2D eigenvalue weighted by Gasteiger charge is 1.97. The van der Waals surface area contributed by atoms with Gasteiger partial charge < -0.3 is 15.5 Å². The van der Waals surface area contributed by atoms with Gasteiger partial charge in [0.05, 0.1) is 0 Å². The van der Waals surface area contributed by atoms with Crippen molar-refractivity contribution in [1.82, 2.24) is 14.9 Å². The van der Waals surface area contributed by atoms with E-state index < -0.39 is 0 Å². The molecule has 90 valence electrons. The lowest BCUT2D eigenvalue weighted by atomic mass is 10.5. The molecule has 1 heterocycles. The average Bonchev–Trinajstić information content (AvgIpc) is 2.26. The van der Waals surface area contributed by atoms with Gasteiger partial charge in [-0.25, -0.2) is 4.98 Å². The summed E-state index contributed by atoms with van der Waals surface area (Å²) in [5, 5.41) is 6.42. The van der Waals surface area contributed by atoms with E-state index >= 15 is 0 Å². The topological polar surface area (TPSA) is 53.1 Å². The van der Waals surface area contributed by atoms with Crippen LogP contribution in [-0.4, -0.2) is 48.6 Å². The molecule has 0 aliphatic carbocycles. The summed E-state index contributed by atoms with van der Waals surface area (Å²) < 4.78 is 0. The Hall–Kier alpha value is -1.36. The Balaban J connectivity index is 2.40. The van der Waals surface area contributed by atoms with Gasteiger partial charge >= 0.3 is 0 Å². The fourth-order valence-corrected chi connectivity index (χ4v) is 1.19. The van der Waals surface area contributed by atoms with Gasteiger partial charge in [0.25, 0.3) is 0 Å². The van der Waals surface area contributed by atoms with E-state index in [1.54, 1.807) is 6.20 Å². The fraction of sp³-hybridized carbons (Fsp3) is 0.636. The number of likely N-dealkylation sites (N-methyl/N-ethyl adjacent to an activating group) is 1. The van der Waals surface area contributed by atoms with E-state index in [1.807, 2.05) is 6.07 Å². The smallest absolute Gasteiger partial charge is 0.224 e. The van der Waals surface area contributed by atoms with E-state index in [9.17, 15) is 0 Å². The maximum Gasteiger partial charge on any atom is 0.224 e. The summed E-state index contributed by atoms with van der Waals surface area (Å²) in [6.07, 6.45) is 2.84. The van der Waals surface area contributed by atoms with Crippen LogP contribution in [0, 0.1) is 0 Å². The molecule has 16 heavy (non-hydrogen) atoms. The predicted molar refractivity (Wildman–Crippen MR) is 67.9 cm³/mol. The highest BCUT2D eigenvalue weighted by atomic mass is 15.1. The van der Waals surface area contributed by atoms with Crippen molar-refractivity contribution in [3.8, 4) is 0 Å². The summed E-state index contributed by atoms with van der Waals surface area (Å²) in [7, 11) is 4.10.